The molecule has 1 aliphatic heterocycles. The van der Waals surface area contributed by atoms with Crippen LogP contribution >= 0.6 is 0 Å². The Morgan fingerprint density at radius 3 is 2.86 bits per heavy atom. The van der Waals surface area contributed by atoms with E-state index in [1.54, 1.807) is 17.8 Å². The van der Waals surface area contributed by atoms with Crippen molar-refractivity contribution in [2.75, 3.05) is 25.5 Å². The second-order valence-electron chi connectivity index (χ2n) is 7.24. The summed E-state index contributed by atoms with van der Waals surface area (Å²) in [5, 5.41) is 10.7. The molecule has 4 heterocycles. The Balaban J connectivity index is 1.55. The van der Waals surface area contributed by atoms with Crippen LogP contribution in [0, 0.1) is 5.82 Å². The van der Waals surface area contributed by atoms with Crippen molar-refractivity contribution in [3.05, 3.63) is 35.9 Å². The largest absolute Gasteiger partial charge is 0.495 e. The molecule has 2 aliphatic rings. The summed E-state index contributed by atoms with van der Waals surface area (Å²) < 4.78 is 35.5. The number of anilines is 1. The maximum absolute atomic E-state index is 14.6. The Hall–Kier alpha value is -2.81. The van der Waals surface area contributed by atoms with Crippen LogP contribution in [0.2, 0.25) is 0 Å². The molecule has 7 nitrogen and oxygen atoms in total. The van der Waals surface area contributed by atoms with Gasteiger partial charge in [-0.05, 0) is 25.0 Å². The Morgan fingerprint density at radius 1 is 1.29 bits per heavy atom. The molecular weight excluding hydrogens is 366 g/mol. The molecule has 2 N–H and O–H groups in total. The van der Waals surface area contributed by atoms with Gasteiger partial charge in [-0.25, -0.2) is 23.3 Å². The minimum Gasteiger partial charge on any atom is -0.495 e. The number of pyridine rings is 1. The molecule has 146 valence electrons. The van der Waals surface area contributed by atoms with Crippen LogP contribution in [-0.4, -0.2) is 52.0 Å². The lowest BCUT2D eigenvalue weighted by Gasteiger charge is -2.15. The van der Waals surface area contributed by atoms with Crippen molar-refractivity contribution in [3.63, 3.8) is 0 Å². The maximum Gasteiger partial charge on any atom is 0.157 e. The standard InChI is InChI=1S/C19H20F2N6O/c1-28-15-6-17-23-9-14(27(17)26-18(15)10-2-3-10)19-11(20)4-5-16(25-19)24-13-8-22-7-12(13)21/h4-6,9-10,12-13,22H,2-3,7-8H2,1H3,(H,24,25). The second-order valence-corrected chi connectivity index (χ2v) is 7.24. The summed E-state index contributed by atoms with van der Waals surface area (Å²) in [5.41, 5.74) is 1.97. The number of ether oxygens (including phenoxy) is 1. The van der Waals surface area contributed by atoms with E-state index in [4.69, 9.17) is 4.74 Å². The number of halogens is 2. The van der Waals surface area contributed by atoms with Crippen LogP contribution in [0.1, 0.15) is 24.5 Å². The van der Waals surface area contributed by atoms with Gasteiger partial charge in [-0.15, -0.1) is 0 Å². The average molecular weight is 386 g/mol. The number of nitrogens with zero attached hydrogens (tertiary/aromatic N) is 4. The smallest absolute Gasteiger partial charge is 0.157 e. The summed E-state index contributed by atoms with van der Waals surface area (Å²) >= 11 is 0. The Labute approximate surface area is 160 Å². The second kappa shape index (κ2) is 6.66. The molecule has 0 amide bonds. The zero-order valence-corrected chi connectivity index (χ0v) is 15.3. The highest BCUT2D eigenvalue weighted by Gasteiger charge is 2.30. The zero-order chi connectivity index (χ0) is 19.3. The summed E-state index contributed by atoms with van der Waals surface area (Å²) in [5.74, 6) is 0.980. The van der Waals surface area contributed by atoms with Crippen LogP contribution in [0.4, 0.5) is 14.6 Å². The first kappa shape index (κ1) is 17.3. The van der Waals surface area contributed by atoms with Crippen molar-refractivity contribution in [2.45, 2.75) is 31.0 Å². The van der Waals surface area contributed by atoms with Gasteiger partial charge in [-0.2, -0.15) is 5.10 Å². The lowest BCUT2D eigenvalue weighted by molar-refractivity contribution is 0.342. The number of hydrogen-bond acceptors (Lipinski definition) is 6. The third kappa shape index (κ3) is 2.95. The SMILES string of the molecule is COc1cc2ncc(-c3nc(NC4CNCC4F)ccc3F)n2nc1C1CC1. The molecule has 9 heteroatoms. The van der Waals surface area contributed by atoms with E-state index in [-0.39, 0.29) is 5.69 Å². The van der Waals surface area contributed by atoms with E-state index in [0.717, 1.165) is 18.5 Å². The van der Waals surface area contributed by atoms with Crippen LogP contribution in [0.3, 0.4) is 0 Å². The molecule has 0 aromatic carbocycles. The molecular formula is C19H20F2N6O. The van der Waals surface area contributed by atoms with E-state index in [9.17, 15) is 8.78 Å². The number of imidazole rings is 1. The number of nitrogens with one attached hydrogen (secondary N) is 2. The van der Waals surface area contributed by atoms with Gasteiger partial charge < -0.3 is 15.4 Å². The van der Waals surface area contributed by atoms with E-state index in [0.29, 0.717) is 41.9 Å². The van der Waals surface area contributed by atoms with E-state index >= 15 is 0 Å². The highest BCUT2D eigenvalue weighted by atomic mass is 19.1. The molecule has 2 atom stereocenters. The quantitative estimate of drug-likeness (QED) is 0.702. The summed E-state index contributed by atoms with van der Waals surface area (Å²) in [4.78, 5) is 8.72. The molecule has 2 fully saturated rings. The predicted octanol–water partition coefficient (Wildman–Crippen LogP) is 2.54. The lowest BCUT2D eigenvalue weighted by atomic mass is 10.2. The topological polar surface area (TPSA) is 76.4 Å². The van der Waals surface area contributed by atoms with Crippen molar-refractivity contribution in [3.8, 4) is 17.1 Å². The highest BCUT2D eigenvalue weighted by molar-refractivity contribution is 5.63. The van der Waals surface area contributed by atoms with Crippen LogP contribution in [-0.2, 0) is 0 Å². The van der Waals surface area contributed by atoms with Crippen molar-refractivity contribution < 1.29 is 13.5 Å². The Morgan fingerprint density at radius 2 is 2.14 bits per heavy atom. The van der Waals surface area contributed by atoms with Gasteiger partial charge in [0, 0.05) is 25.1 Å². The fourth-order valence-electron chi connectivity index (χ4n) is 3.56. The number of aromatic nitrogens is 4. The molecule has 2 unspecified atom stereocenters. The van der Waals surface area contributed by atoms with Crippen molar-refractivity contribution >= 4 is 11.5 Å². The molecule has 0 spiro atoms. The van der Waals surface area contributed by atoms with Gasteiger partial charge in [0.1, 0.15) is 34.8 Å². The highest BCUT2D eigenvalue weighted by Crippen LogP contribution is 2.43. The van der Waals surface area contributed by atoms with Gasteiger partial charge in [0.2, 0.25) is 0 Å². The molecule has 5 rings (SSSR count). The number of rotatable bonds is 5. The van der Waals surface area contributed by atoms with Gasteiger partial charge in [0.15, 0.2) is 11.5 Å². The molecule has 3 aromatic rings. The fourth-order valence-corrected chi connectivity index (χ4v) is 3.56. The summed E-state index contributed by atoms with van der Waals surface area (Å²) in [6, 6.07) is 4.25. The van der Waals surface area contributed by atoms with Gasteiger partial charge in [0.05, 0.1) is 19.3 Å². The lowest BCUT2D eigenvalue weighted by Crippen LogP contribution is -2.29. The van der Waals surface area contributed by atoms with Crippen LogP contribution in [0.15, 0.2) is 24.4 Å². The van der Waals surface area contributed by atoms with Crippen molar-refractivity contribution in [1.29, 1.82) is 0 Å². The fraction of sp³-hybridized carbons (Fsp3) is 0.421. The molecule has 1 saturated heterocycles. The summed E-state index contributed by atoms with van der Waals surface area (Å²) in [6.45, 7) is 0.798. The van der Waals surface area contributed by atoms with Crippen molar-refractivity contribution in [2.24, 2.45) is 0 Å². The van der Waals surface area contributed by atoms with Crippen molar-refractivity contribution in [1.82, 2.24) is 24.9 Å². The molecule has 0 radical (unpaired) electrons. The normalized spacial score (nSPS) is 22.0. The third-order valence-electron chi connectivity index (χ3n) is 5.23. The summed E-state index contributed by atoms with van der Waals surface area (Å²) in [7, 11) is 1.61. The summed E-state index contributed by atoms with van der Waals surface area (Å²) in [6.07, 6.45) is 2.65. The first-order valence-electron chi connectivity index (χ1n) is 9.35. The third-order valence-corrected chi connectivity index (χ3v) is 5.23. The van der Waals surface area contributed by atoms with E-state index < -0.39 is 18.0 Å². The van der Waals surface area contributed by atoms with Crippen LogP contribution in [0.25, 0.3) is 17.0 Å². The molecule has 1 aliphatic carbocycles. The number of alkyl halides is 1. The molecule has 1 saturated carbocycles. The Bertz CT molecular complexity index is 1030. The first-order chi connectivity index (χ1) is 13.6. The van der Waals surface area contributed by atoms with Gasteiger partial charge in [-0.1, -0.05) is 0 Å². The van der Waals surface area contributed by atoms with E-state index in [1.807, 2.05) is 6.07 Å². The minimum absolute atomic E-state index is 0.123. The predicted molar refractivity (Wildman–Crippen MR) is 99.9 cm³/mol. The van der Waals surface area contributed by atoms with Gasteiger partial charge in [0.25, 0.3) is 0 Å². The first-order valence-corrected chi connectivity index (χ1v) is 9.35. The molecule has 0 bridgehead atoms. The minimum atomic E-state index is -1.01. The maximum atomic E-state index is 14.6. The van der Waals surface area contributed by atoms with Crippen LogP contribution in [0.5, 0.6) is 5.75 Å². The average Bonchev–Trinajstić information content (AvgIpc) is 3.35. The van der Waals surface area contributed by atoms with Gasteiger partial charge >= 0.3 is 0 Å². The molecule has 28 heavy (non-hydrogen) atoms. The van der Waals surface area contributed by atoms with Crippen LogP contribution < -0.4 is 15.4 Å². The number of fused-ring (bicyclic) bond motifs is 1. The van der Waals surface area contributed by atoms with E-state index in [1.165, 1.54) is 12.1 Å². The monoisotopic (exact) mass is 386 g/mol. The number of methoxy groups -OCH3 is 1. The van der Waals surface area contributed by atoms with E-state index in [2.05, 4.69) is 25.7 Å². The van der Waals surface area contributed by atoms with Gasteiger partial charge in [-0.3, -0.25) is 0 Å². The Kier molecular flexibility index (Phi) is 4.12. The zero-order valence-electron chi connectivity index (χ0n) is 15.3. The molecule has 3 aromatic heterocycles. The number of hydrogen-bond donors (Lipinski definition) is 2.